The molecule has 0 aliphatic rings. The monoisotopic (exact) mass is 323 g/mol. The fraction of sp³-hybridized carbons (Fsp3) is 0.0588. The largest absolute Gasteiger partial charge is 0.337 e. The molecule has 3 rings (SSSR count). The van der Waals surface area contributed by atoms with Crippen LogP contribution in [0.5, 0.6) is 0 Å². The number of para-hydroxylation sites is 1. The maximum Gasteiger partial charge on any atom is 0.269 e. The number of nitro benzene ring substituents is 1. The highest BCUT2D eigenvalue weighted by atomic mass is 16.6. The van der Waals surface area contributed by atoms with E-state index in [4.69, 9.17) is 0 Å². The number of fused-ring (bicyclic) bond motifs is 1. The molecule has 3 aromatic rings. The second kappa shape index (κ2) is 6.33. The summed E-state index contributed by atoms with van der Waals surface area (Å²) in [5.74, 6) is -0.290. The van der Waals surface area contributed by atoms with Crippen molar-refractivity contribution in [3.05, 3.63) is 70.4 Å². The van der Waals surface area contributed by atoms with Crippen LogP contribution < -0.4 is 5.32 Å². The summed E-state index contributed by atoms with van der Waals surface area (Å²) in [6, 6.07) is 12.9. The van der Waals surface area contributed by atoms with Crippen molar-refractivity contribution in [2.45, 2.75) is 6.54 Å². The number of rotatable bonds is 5. The van der Waals surface area contributed by atoms with E-state index in [1.54, 1.807) is 10.8 Å². The summed E-state index contributed by atoms with van der Waals surface area (Å²) >= 11 is 0. The van der Waals surface area contributed by atoms with Gasteiger partial charge in [0.25, 0.3) is 5.69 Å². The van der Waals surface area contributed by atoms with Crippen molar-refractivity contribution in [2.24, 2.45) is 0 Å². The van der Waals surface area contributed by atoms with E-state index in [9.17, 15) is 19.7 Å². The molecular formula is C17H13N3O4. The number of benzene rings is 2. The smallest absolute Gasteiger partial charge is 0.269 e. The van der Waals surface area contributed by atoms with Gasteiger partial charge in [0, 0.05) is 40.5 Å². The number of carbonyl (C=O) groups excluding carboxylic acids is 2. The highest BCUT2D eigenvalue weighted by Gasteiger charge is 2.11. The van der Waals surface area contributed by atoms with Crippen LogP contribution in [0, 0.1) is 10.1 Å². The van der Waals surface area contributed by atoms with E-state index < -0.39 is 4.92 Å². The predicted molar refractivity (Wildman–Crippen MR) is 89.1 cm³/mol. The number of anilines is 1. The van der Waals surface area contributed by atoms with Gasteiger partial charge in [0.2, 0.25) is 5.91 Å². The van der Waals surface area contributed by atoms with Crippen molar-refractivity contribution >= 4 is 34.5 Å². The molecule has 0 atom stereocenters. The molecule has 1 heterocycles. The van der Waals surface area contributed by atoms with Gasteiger partial charge in [-0.2, -0.15) is 0 Å². The summed E-state index contributed by atoms with van der Waals surface area (Å²) in [6.45, 7) is 0.0331. The van der Waals surface area contributed by atoms with E-state index >= 15 is 0 Å². The first kappa shape index (κ1) is 15.4. The number of nitrogens with zero attached hydrogens (tertiary/aromatic N) is 2. The summed E-state index contributed by atoms with van der Waals surface area (Å²) in [5.41, 5.74) is 1.74. The number of hydrogen-bond donors (Lipinski definition) is 1. The Morgan fingerprint density at radius 1 is 1.17 bits per heavy atom. The Labute approximate surface area is 136 Å². The molecule has 0 fully saturated rings. The molecule has 0 aliphatic carbocycles. The van der Waals surface area contributed by atoms with Crippen LogP contribution in [-0.4, -0.2) is 21.7 Å². The molecule has 0 spiro atoms. The normalized spacial score (nSPS) is 10.5. The minimum Gasteiger partial charge on any atom is -0.337 e. The standard InChI is InChI=1S/C17H13N3O4/c21-11-12-9-19(16-4-2-1-3-15(12)16)10-17(22)18-13-5-7-14(8-6-13)20(23)24/h1-9,11H,10H2,(H,18,22). The molecule has 0 bridgehead atoms. The average Bonchev–Trinajstić information content (AvgIpc) is 2.93. The van der Waals surface area contributed by atoms with Crippen LogP contribution in [0.3, 0.4) is 0 Å². The third kappa shape index (κ3) is 3.00. The molecule has 24 heavy (non-hydrogen) atoms. The van der Waals surface area contributed by atoms with Gasteiger partial charge in [-0.05, 0) is 18.2 Å². The van der Waals surface area contributed by atoms with E-state index in [1.165, 1.54) is 24.3 Å². The zero-order valence-corrected chi connectivity index (χ0v) is 12.5. The molecule has 120 valence electrons. The molecule has 1 aromatic heterocycles. The number of hydrogen-bond acceptors (Lipinski definition) is 4. The summed E-state index contributed by atoms with van der Waals surface area (Å²) in [4.78, 5) is 33.4. The molecule has 1 N–H and O–H groups in total. The van der Waals surface area contributed by atoms with Crippen LogP contribution in [-0.2, 0) is 11.3 Å². The van der Waals surface area contributed by atoms with Crippen LogP contribution in [0.1, 0.15) is 10.4 Å². The highest BCUT2D eigenvalue weighted by molar-refractivity contribution is 5.99. The number of aldehydes is 1. The Bertz CT molecular complexity index is 929. The van der Waals surface area contributed by atoms with E-state index in [0.29, 0.717) is 11.3 Å². The highest BCUT2D eigenvalue weighted by Crippen LogP contribution is 2.20. The lowest BCUT2D eigenvalue weighted by Crippen LogP contribution is -2.18. The third-order valence-corrected chi connectivity index (χ3v) is 3.62. The Hall–Kier alpha value is -3.48. The zero-order valence-electron chi connectivity index (χ0n) is 12.5. The number of carbonyl (C=O) groups is 2. The predicted octanol–water partition coefficient (Wildman–Crippen LogP) is 3.00. The number of nitro groups is 1. The molecule has 1 amide bonds. The van der Waals surface area contributed by atoms with E-state index in [2.05, 4.69) is 5.32 Å². The number of nitrogens with one attached hydrogen (secondary N) is 1. The zero-order chi connectivity index (χ0) is 17.1. The molecule has 0 radical (unpaired) electrons. The van der Waals surface area contributed by atoms with E-state index in [1.807, 2.05) is 24.3 Å². The van der Waals surface area contributed by atoms with Gasteiger partial charge in [-0.3, -0.25) is 19.7 Å². The second-order valence-corrected chi connectivity index (χ2v) is 5.20. The van der Waals surface area contributed by atoms with Gasteiger partial charge in [-0.15, -0.1) is 0 Å². The SMILES string of the molecule is O=Cc1cn(CC(=O)Nc2ccc([N+](=O)[O-])cc2)c2ccccc12. The molecule has 7 heteroatoms. The maximum absolute atomic E-state index is 12.2. The van der Waals surface area contributed by atoms with Gasteiger partial charge in [-0.25, -0.2) is 0 Å². The average molecular weight is 323 g/mol. The summed E-state index contributed by atoms with van der Waals surface area (Å²) in [5, 5.41) is 14.1. The number of aromatic nitrogens is 1. The van der Waals surface area contributed by atoms with Crippen LogP contribution in [0.4, 0.5) is 11.4 Å². The maximum atomic E-state index is 12.2. The van der Waals surface area contributed by atoms with Crippen molar-refractivity contribution in [3.8, 4) is 0 Å². The Balaban J connectivity index is 1.78. The molecule has 0 unspecified atom stereocenters. The van der Waals surface area contributed by atoms with Gasteiger partial charge in [0.05, 0.1) is 4.92 Å². The first-order valence-corrected chi connectivity index (χ1v) is 7.16. The molecule has 2 aromatic carbocycles. The van der Waals surface area contributed by atoms with Crippen molar-refractivity contribution in [1.29, 1.82) is 0 Å². The van der Waals surface area contributed by atoms with Crippen LogP contribution in [0.15, 0.2) is 54.7 Å². The first-order valence-electron chi connectivity index (χ1n) is 7.16. The minimum atomic E-state index is -0.501. The van der Waals surface area contributed by atoms with Crippen molar-refractivity contribution in [2.75, 3.05) is 5.32 Å². The van der Waals surface area contributed by atoms with E-state index in [0.717, 1.165) is 17.2 Å². The Morgan fingerprint density at radius 2 is 1.88 bits per heavy atom. The first-order chi connectivity index (χ1) is 11.6. The molecule has 7 nitrogen and oxygen atoms in total. The van der Waals surface area contributed by atoms with Crippen LogP contribution in [0.2, 0.25) is 0 Å². The Morgan fingerprint density at radius 3 is 2.54 bits per heavy atom. The summed E-state index contributed by atoms with van der Waals surface area (Å²) < 4.78 is 1.69. The van der Waals surface area contributed by atoms with Gasteiger partial charge >= 0.3 is 0 Å². The molecular weight excluding hydrogens is 310 g/mol. The molecule has 0 saturated carbocycles. The number of amides is 1. The fourth-order valence-electron chi connectivity index (χ4n) is 2.52. The second-order valence-electron chi connectivity index (χ2n) is 5.20. The van der Waals surface area contributed by atoms with Crippen molar-refractivity contribution in [1.82, 2.24) is 4.57 Å². The van der Waals surface area contributed by atoms with Crippen molar-refractivity contribution < 1.29 is 14.5 Å². The lowest BCUT2D eigenvalue weighted by Gasteiger charge is -2.07. The molecule has 0 saturated heterocycles. The quantitative estimate of drug-likeness (QED) is 0.443. The minimum absolute atomic E-state index is 0.0331. The van der Waals surface area contributed by atoms with Gasteiger partial charge in [-0.1, -0.05) is 18.2 Å². The lowest BCUT2D eigenvalue weighted by atomic mass is 10.2. The van der Waals surface area contributed by atoms with Gasteiger partial charge in [0.1, 0.15) is 6.54 Å². The fourth-order valence-corrected chi connectivity index (χ4v) is 2.52. The third-order valence-electron chi connectivity index (χ3n) is 3.62. The topological polar surface area (TPSA) is 94.2 Å². The van der Waals surface area contributed by atoms with Gasteiger partial charge < -0.3 is 9.88 Å². The Kier molecular flexibility index (Phi) is 4.07. The van der Waals surface area contributed by atoms with Crippen LogP contribution >= 0.6 is 0 Å². The van der Waals surface area contributed by atoms with E-state index in [-0.39, 0.29) is 18.1 Å². The summed E-state index contributed by atoms with van der Waals surface area (Å²) in [7, 11) is 0. The van der Waals surface area contributed by atoms with Crippen molar-refractivity contribution in [3.63, 3.8) is 0 Å². The van der Waals surface area contributed by atoms with Gasteiger partial charge in [0.15, 0.2) is 6.29 Å². The molecule has 0 aliphatic heterocycles. The van der Waals surface area contributed by atoms with Crippen LogP contribution in [0.25, 0.3) is 10.9 Å². The lowest BCUT2D eigenvalue weighted by molar-refractivity contribution is -0.384. The summed E-state index contributed by atoms with van der Waals surface area (Å²) in [6.07, 6.45) is 2.39. The number of non-ortho nitro benzene ring substituents is 1.